The average Bonchev–Trinajstić information content (AvgIpc) is 2.97. The fourth-order valence-corrected chi connectivity index (χ4v) is 9.34. The molecule has 10 atom stereocenters. The zero-order valence-corrected chi connectivity index (χ0v) is 20.5. The summed E-state index contributed by atoms with van der Waals surface area (Å²) >= 11 is 0. The quantitative estimate of drug-likeness (QED) is 0.558. The van der Waals surface area contributed by atoms with Gasteiger partial charge in [-0.05, 0) is 131 Å². The summed E-state index contributed by atoms with van der Waals surface area (Å²) in [7, 11) is 0. The van der Waals surface area contributed by atoms with Gasteiger partial charge in [-0.25, -0.2) is 0 Å². The molecule has 4 rings (SSSR count). The first kappa shape index (κ1) is 23.1. The Kier molecular flexibility index (Phi) is 5.73. The van der Waals surface area contributed by atoms with Crippen molar-refractivity contribution in [1.29, 1.82) is 0 Å². The fourth-order valence-electron chi connectivity index (χ4n) is 9.34. The summed E-state index contributed by atoms with van der Waals surface area (Å²) in [6, 6.07) is 0. The highest BCUT2D eigenvalue weighted by Crippen LogP contribution is 2.70. The van der Waals surface area contributed by atoms with E-state index < -0.39 is 11.2 Å². The Labute approximate surface area is 185 Å². The molecule has 4 fully saturated rings. The molecule has 30 heavy (non-hydrogen) atoms. The molecule has 0 bridgehead atoms. The molecule has 0 aromatic carbocycles. The van der Waals surface area contributed by atoms with E-state index in [4.69, 9.17) is 0 Å². The van der Waals surface area contributed by atoms with Crippen molar-refractivity contribution < 1.29 is 15.3 Å². The summed E-state index contributed by atoms with van der Waals surface area (Å²) in [4.78, 5) is 0. The van der Waals surface area contributed by atoms with Gasteiger partial charge in [0.05, 0.1) is 17.3 Å². The minimum absolute atomic E-state index is 0.170. The minimum atomic E-state index is -0.608. The zero-order chi connectivity index (χ0) is 22.1. The second-order valence-electron chi connectivity index (χ2n) is 13.5. The normalized spacial score (nSPS) is 52.3. The van der Waals surface area contributed by atoms with Gasteiger partial charge in [-0.1, -0.05) is 20.8 Å². The molecule has 0 saturated heterocycles. The number of hydrogen-bond donors (Lipinski definition) is 3. The molecule has 4 aliphatic rings. The Hall–Kier alpha value is -0.120. The molecule has 0 aromatic rings. The van der Waals surface area contributed by atoms with Crippen molar-refractivity contribution in [3.05, 3.63) is 0 Å². The first-order valence-corrected chi connectivity index (χ1v) is 12.9. The van der Waals surface area contributed by atoms with Crippen LogP contribution in [0.2, 0.25) is 0 Å². The molecule has 0 amide bonds. The maximum Gasteiger partial charge on any atom is 0.0656 e. The second kappa shape index (κ2) is 7.45. The minimum Gasteiger partial charge on any atom is -0.393 e. The monoisotopic (exact) mass is 420 g/mol. The summed E-state index contributed by atoms with van der Waals surface area (Å²) in [5.74, 6) is 3.42. The van der Waals surface area contributed by atoms with Crippen LogP contribution in [-0.2, 0) is 0 Å². The van der Waals surface area contributed by atoms with Crippen LogP contribution in [0.25, 0.3) is 0 Å². The highest BCUT2D eigenvalue weighted by atomic mass is 16.3. The standard InChI is InChI=1S/C27H48O3/c1-17(9-12-24(2,3)29)20-7-8-21-23-22(11-14-26(20,21)5)25(4)13-10-19(28)15-18(25)16-27(23,6)30/h17-23,28-30H,7-16H2,1-6H3/t17-,18+,19-,20-,21+,22+,23+,25+,26-,27-/m1/s1. The van der Waals surface area contributed by atoms with Gasteiger partial charge in [0.1, 0.15) is 0 Å². The number of rotatable bonds is 4. The van der Waals surface area contributed by atoms with E-state index in [0.29, 0.717) is 40.9 Å². The van der Waals surface area contributed by atoms with E-state index in [2.05, 4.69) is 27.7 Å². The molecule has 4 saturated carbocycles. The predicted octanol–water partition coefficient (Wildman–Crippen LogP) is 5.55. The van der Waals surface area contributed by atoms with E-state index in [0.717, 1.165) is 38.5 Å². The van der Waals surface area contributed by atoms with Gasteiger partial charge in [0.15, 0.2) is 0 Å². The van der Waals surface area contributed by atoms with Crippen LogP contribution in [-0.4, -0.2) is 32.6 Å². The molecule has 0 spiro atoms. The van der Waals surface area contributed by atoms with E-state index in [1.807, 2.05) is 13.8 Å². The molecular formula is C27H48O3. The van der Waals surface area contributed by atoms with Gasteiger partial charge in [-0.3, -0.25) is 0 Å². The van der Waals surface area contributed by atoms with Crippen molar-refractivity contribution in [2.45, 2.75) is 123 Å². The number of aliphatic hydroxyl groups excluding tert-OH is 1. The van der Waals surface area contributed by atoms with Gasteiger partial charge in [0.2, 0.25) is 0 Å². The third-order valence-electron chi connectivity index (χ3n) is 11.0. The SMILES string of the molecule is C[C@H](CCC(C)(C)O)[C@H]1CC[C@H]2[C@H]3[C@H](CC[C@]12C)[C@@]1(C)CC[C@@H](O)C[C@H]1C[C@@]3(C)O. The van der Waals surface area contributed by atoms with Crippen LogP contribution in [0.5, 0.6) is 0 Å². The van der Waals surface area contributed by atoms with Crippen molar-refractivity contribution in [3.63, 3.8) is 0 Å². The summed E-state index contributed by atoms with van der Waals surface area (Å²) in [6.45, 7) is 13.4. The number of fused-ring (bicyclic) bond motifs is 5. The van der Waals surface area contributed by atoms with E-state index in [-0.39, 0.29) is 11.5 Å². The fraction of sp³-hybridized carbons (Fsp3) is 1.00. The van der Waals surface area contributed by atoms with Crippen molar-refractivity contribution >= 4 is 0 Å². The summed E-state index contributed by atoms with van der Waals surface area (Å²) < 4.78 is 0. The van der Waals surface area contributed by atoms with Crippen LogP contribution < -0.4 is 0 Å². The lowest BCUT2D eigenvalue weighted by Crippen LogP contribution is -2.62. The molecule has 3 N–H and O–H groups in total. The number of hydrogen-bond acceptors (Lipinski definition) is 3. The lowest BCUT2D eigenvalue weighted by atomic mass is 9.41. The first-order chi connectivity index (χ1) is 13.8. The Morgan fingerprint density at radius 3 is 2.27 bits per heavy atom. The largest absolute Gasteiger partial charge is 0.393 e. The maximum atomic E-state index is 11.8. The molecule has 0 aromatic heterocycles. The molecule has 174 valence electrons. The number of aliphatic hydroxyl groups is 3. The van der Waals surface area contributed by atoms with Gasteiger partial charge < -0.3 is 15.3 Å². The van der Waals surface area contributed by atoms with Gasteiger partial charge in [0.25, 0.3) is 0 Å². The molecule has 3 nitrogen and oxygen atoms in total. The topological polar surface area (TPSA) is 60.7 Å². The molecule has 0 radical (unpaired) electrons. The van der Waals surface area contributed by atoms with Crippen LogP contribution in [0.15, 0.2) is 0 Å². The van der Waals surface area contributed by atoms with Crippen molar-refractivity contribution in [2.24, 2.45) is 46.3 Å². The van der Waals surface area contributed by atoms with Crippen LogP contribution >= 0.6 is 0 Å². The lowest BCUT2D eigenvalue weighted by molar-refractivity contribution is -0.212. The summed E-state index contributed by atoms with van der Waals surface area (Å²) in [5, 5.41) is 32.4. The molecule has 0 aliphatic heterocycles. The molecular weight excluding hydrogens is 372 g/mol. The Morgan fingerprint density at radius 1 is 0.967 bits per heavy atom. The predicted molar refractivity (Wildman–Crippen MR) is 122 cm³/mol. The highest BCUT2D eigenvalue weighted by Gasteiger charge is 2.65. The first-order valence-electron chi connectivity index (χ1n) is 12.9. The van der Waals surface area contributed by atoms with Crippen LogP contribution in [0.3, 0.4) is 0 Å². The summed E-state index contributed by atoms with van der Waals surface area (Å²) in [5.41, 5.74) is -0.573. The maximum absolute atomic E-state index is 11.8. The van der Waals surface area contributed by atoms with Crippen LogP contribution in [0, 0.1) is 46.3 Å². The summed E-state index contributed by atoms with van der Waals surface area (Å²) in [6.07, 6.45) is 10.7. The Morgan fingerprint density at radius 2 is 1.60 bits per heavy atom. The van der Waals surface area contributed by atoms with Gasteiger partial charge in [0, 0.05) is 0 Å². The van der Waals surface area contributed by atoms with E-state index in [1.54, 1.807) is 0 Å². The third kappa shape index (κ3) is 3.69. The van der Waals surface area contributed by atoms with Crippen molar-refractivity contribution in [1.82, 2.24) is 0 Å². The third-order valence-corrected chi connectivity index (χ3v) is 11.0. The van der Waals surface area contributed by atoms with Crippen molar-refractivity contribution in [3.8, 4) is 0 Å². The van der Waals surface area contributed by atoms with Gasteiger partial charge in [-0.2, -0.15) is 0 Å². The lowest BCUT2D eigenvalue weighted by Gasteiger charge is -2.65. The smallest absolute Gasteiger partial charge is 0.0656 e. The Bertz CT molecular complexity index is 637. The van der Waals surface area contributed by atoms with E-state index in [9.17, 15) is 15.3 Å². The van der Waals surface area contributed by atoms with Gasteiger partial charge >= 0.3 is 0 Å². The van der Waals surface area contributed by atoms with E-state index in [1.165, 1.54) is 25.7 Å². The van der Waals surface area contributed by atoms with E-state index >= 15 is 0 Å². The zero-order valence-electron chi connectivity index (χ0n) is 20.5. The van der Waals surface area contributed by atoms with Crippen LogP contribution in [0.1, 0.15) is 106 Å². The van der Waals surface area contributed by atoms with Crippen molar-refractivity contribution in [2.75, 3.05) is 0 Å². The molecule has 0 unspecified atom stereocenters. The Balaban J connectivity index is 1.58. The molecule has 3 heteroatoms. The molecule has 0 heterocycles. The average molecular weight is 421 g/mol. The second-order valence-corrected chi connectivity index (χ2v) is 13.5. The highest BCUT2D eigenvalue weighted by molar-refractivity contribution is 5.14. The van der Waals surface area contributed by atoms with Gasteiger partial charge in [-0.15, -0.1) is 0 Å². The van der Waals surface area contributed by atoms with Crippen LogP contribution in [0.4, 0.5) is 0 Å². The molecule has 4 aliphatic carbocycles.